The zero-order valence-corrected chi connectivity index (χ0v) is 17.0. The Morgan fingerprint density at radius 3 is 2.07 bits per heavy atom. The van der Waals surface area contributed by atoms with Gasteiger partial charge in [0.25, 0.3) is 0 Å². The van der Waals surface area contributed by atoms with Gasteiger partial charge in [0.15, 0.2) is 0 Å². The second-order valence-corrected chi connectivity index (χ2v) is 8.00. The summed E-state index contributed by atoms with van der Waals surface area (Å²) in [6.45, 7) is 9.00. The highest BCUT2D eigenvalue weighted by Crippen LogP contribution is 2.18. The molecule has 0 saturated carbocycles. The van der Waals surface area contributed by atoms with E-state index in [9.17, 15) is 9.59 Å². The highest BCUT2D eigenvalue weighted by Gasteiger charge is 2.31. The molecule has 2 aromatic carbocycles. The summed E-state index contributed by atoms with van der Waals surface area (Å²) in [5, 5.41) is 5.37. The maximum absolute atomic E-state index is 12.5. The normalized spacial score (nSPS) is 11.5. The molecule has 6 heteroatoms. The van der Waals surface area contributed by atoms with Crippen molar-refractivity contribution in [1.82, 2.24) is 5.32 Å². The number of benzene rings is 2. The fourth-order valence-electron chi connectivity index (χ4n) is 2.28. The summed E-state index contributed by atoms with van der Waals surface area (Å²) in [5.74, 6) is 0.351. The smallest absolute Gasteiger partial charge is 0.408 e. The summed E-state index contributed by atoms with van der Waals surface area (Å²) in [6.07, 6.45) is -0.641. The molecular weight excluding hydrogens is 356 g/mol. The van der Waals surface area contributed by atoms with E-state index >= 15 is 0 Å². The van der Waals surface area contributed by atoms with Crippen molar-refractivity contribution < 1.29 is 19.1 Å². The van der Waals surface area contributed by atoms with Gasteiger partial charge in [-0.3, -0.25) is 4.79 Å². The van der Waals surface area contributed by atoms with Crippen LogP contribution in [-0.2, 0) is 16.1 Å². The lowest BCUT2D eigenvalue weighted by Crippen LogP contribution is -2.53. The van der Waals surface area contributed by atoms with Gasteiger partial charge in [-0.05, 0) is 64.4 Å². The minimum absolute atomic E-state index is 0.351. The van der Waals surface area contributed by atoms with E-state index in [1.54, 1.807) is 58.9 Å². The van der Waals surface area contributed by atoms with Crippen LogP contribution in [0.2, 0.25) is 0 Å². The lowest BCUT2D eigenvalue weighted by molar-refractivity contribution is -0.121. The third-order valence-electron chi connectivity index (χ3n) is 3.74. The van der Waals surface area contributed by atoms with Gasteiger partial charge in [0.05, 0.1) is 0 Å². The van der Waals surface area contributed by atoms with Crippen molar-refractivity contribution in [2.45, 2.75) is 52.4 Å². The van der Waals surface area contributed by atoms with Crippen molar-refractivity contribution in [1.29, 1.82) is 0 Å². The van der Waals surface area contributed by atoms with Crippen molar-refractivity contribution in [2.75, 3.05) is 5.32 Å². The van der Waals surface area contributed by atoms with Gasteiger partial charge in [-0.25, -0.2) is 4.79 Å². The zero-order valence-electron chi connectivity index (χ0n) is 17.0. The van der Waals surface area contributed by atoms with Gasteiger partial charge in [0.2, 0.25) is 5.91 Å². The SMILES string of the molecule is CC(C)(C)OC(=O)NC(C)(C)C(=O)Nc1ccc(OCc2ccccc2)cc1. The Kier molecular flexibility index (Phi) is 6.67. The fourth-order valence-corrected chi connectivity index (χ4v) is 2.28. The van der Waals surface area contributed by atoms with E-state index in [0.29, 0.717) is 18.0 Å². The highest BCUT2D eigenvalue weighted by atomic mass is 16.6. The molecule has 0 aliphatic heterocycles. The Morgan fingerprint density at radius 1 is 0.893 bits per heavy atom. The van der Waals surface area contributed by atoms with Gasteiger partial charge >= 0.3 is 6.09 Å². The average Bonchev–Trinajstić information content (AvgIpc) is 2.60. The molecule has 0 saturated heterocycles. The van der Waals surface area contributed by atoms with E-state index in [2.05, 4.69) is 10.6 Å². The first kappa shape index (κ1) is 21.3. The van der Waals surface area contributed by atoms with E-state index in [0.717, 1.165) is 5.56 Å². The van der Waals surface area contributed by atoms with E-state index in [4.69, 9.17) is 9.47 Å². The van der Waals surface area contributed by atoms with Crippen LogP contribution in [0.15, 0.2) is 54.6 Å². The predicted octanol–water partition coefficient (Wildman–Crippen LogP) is 4.51. The lowest BCUT2D eigenvalue weighted by Gasteiger charge is -2.27. The predicted molar refractivity (Wildman–Crippen MR) is 109 cm³/mol. The summed E-state index contributed by atoms with van der Waals surface area (Å²) in [7, 11) is 0. The molecule has 0 bridgehead atoms. The first-order valence-corrected chi connectivity index (χ1v) is 9.14. The molecule has 2 amide bonds. The van der Waals surface area contributed by atoms with E-state index < -0.39 is 17.2 Å². The molecule has 0 atom stereocenters. The monoisotopic (exact) mass is 384 g/mol. The van der Waals surface area contributed by atoms with Crippen LogP contribution in [0.1, 0.15) is 40.2 Å². The van der Waals surface area contributed by atoms with E-state index in [-0.39, 0.29) is 5.91 Å². The van der Waals surface area contributed by atoms with Gasteiger partial charge in [-0.2, -0.15) is 0 Å². The van der Waals surface area contributed by atoms with Crippen molar-refractivity contribution >= 4 is 17.7 Å². The molecule has 0 aliphatic rings. The molecule has 28 heavy (non-hydrogen) atoms. The molecule has 2 N–H and O–H groups in total. The number of carbonyl (C=O) groups excluding carboxylic acids is 2. The van der Waals surface area contributed by atoms with Crippen LogP contribution in [0.25, 0.3) is 0 Å². The molecule has 0 spiro atoms. The van der Waals surface area contributed by atoms with Crippen LogP contribution in [0, 0.1) is 0 Å². The minimum Gasteiger partial charge on any atom is -0.489 e. The standard InChI is InChI=1S/C22H28N2O4/c1-21(2,3)28-20(26)24-22(4,5)19(25)23-17-11-13-18(14-12-17)27-15-16-9-7-6-8-10-16/h6-14H,15H2,1-5H3,(H,23,25)(H,24,26). The van der Waals surface area contributed by atoms with Gasteiger partial charge in [0.1, 0.15) is 23.5 Å². The molecule has 2 aromatic rings. The van der Waals surface area contributed by atoms with E-state index in [1.165, 1.54) is 0 Å². The molecule has 2 rings (SSSR count). The zero-order chi connectivity index (χ0) is 20.8. The molecule has 0 radical (unpaired) electrons. The number of carbonyl (C=O) groups is 2. The molecular formula is C22H28N2O4. The van der Waals surface area contributed by atoms with E-state index in [1.807, 2.05) is 30.3 Å². The Labute approximate surface area is 166 Å². The van der Waals surface area contributed by atoms with Crippen LogP contribution in [0.3, 0.4) is 0 Å². The van der Waals surface area contributed by atoms with Crippen LogP contribution in [-0.4, -0.2) is 23.1 Å². The number of amides is 2. The fraction of sp³-hybridized carbons (Fsp3) is 0.364. The summed E-state index contributed by atoms with van der Waals surface area (Å²) in [4.78, 5) is 24.5. The first-order chi connectivity index (χ1) is 13.0. The van der Waals surface area contributed by atoms with Gasteiger partial charge in [-0.15, -0.1) is 0 Å². The number of rotatable bonds is 6. The third kappa shape index (κ3) is 6.95. The number of hydrogen-bond acceptors (Lipinski definition) is 4. The molecule has 6 nitrogen and oxygen atoms in total. The van der Waals surface area contributed by atoms with Crippen molar-refractivity contribution in [3.63, 3.8) is 0 Å². The van der Waals surface area contributed by atoms with Gasteiger partial charge in [0, 0.05) is 5.69 Å². The largest absolute Gasteiger partial charge is 0.489 e. The number of anilines is 1. The van der Waals surface area contributed by atoms with Crippen molar-refractivity contribution in [3.05, 3.63) is 60.2 Å². The number of hydrogen-bond donors (Lipinski definition) is 2. The highest BCUT2D eigenvalue weighted by molar-refractivity contribution is 5.99. The van der Waals surface area contributed by atoms with Crippen LogP contribution >= 0.6 is 0 Å². The third-order valence-corrected chi connectivity index (χ3v) is 3.74. The Hall–Kier alpha value is -3.02. The van der Waals surface area contributed by atoms with Gasteiger partial charge < -0.3 is 20.1 Å². The second kappa shape index (κ2) is 8.78. The molecule has 0 heterocycles. The first-order valence-electron chi connectivity index (χ1n) is 9.14. The van der Waals surface area contributed by atoms with Crippen LogP contribution in [0.4, 0.5) is 10.5 Å². The van der Waals surface area contributed by atoms with Crippen molar-refractivity contribution in [3.8, 4) is 5.75 Å². The minimum atomic E-state index is -1.13. The van der Waals surface area contributed by atoms with Crippen LogP contribution < -0.4 is 15.4 Å². The van der Waals surface area contributed by atoms with Gasteiger partial charge in [-0.1, -0.05) is 30.3 Å². The lowest BCUT2D eigenvalue weighted by atomic mass is 10.0. The second-order valence-electron chi connectivity index (χ2n) is 8.00. The Bertz CT molecular complexity index is 794. The summed E-state index contributed by atoms with van der Waals surface area (Å²) in [6, 6.07) is 16.9. The average molecular weight is 384 g/mol. The molecule has 0 fully saturated rings. The topological polar surface area (TPSA) is 76.7 Å². The molecule has 0 aliphatic carbocycles. The summed E-state index contributed by atoms with van der Waals surface area (Å²) >= 11 is 0. The van der Waals surface area contributed by atoms with Crippen LogP contribution in [0.5, 0.6) is 5.75 Å². The summed E-state index contributed by atoms with van der Waals surface area (Å²) < 4.78 is 10.9. The Morgan fingerprint density at radius 2 is 1.50 bits per heavy atom. The molecule has 0 aromatic heterocycles. The maximum atomic E-state index is 12.5. The number of nitrogens with one attached hydrogen (secondary N) is 2. The number of alkyl carbamates (subject to hydrolysis) is 1. The molecule has 0 unspecified atom stereocenters. The quantitative estimate of drug-likeness (QED) is 0.768. The molecule has 150 valence electrons. The Balaban J connectivity index is 1.89. The summed E-state index contributed by atoms with van der Waals surface area (Å²) in [5.41, 5.74) is -0.0807. The van der Waals surface area contributed by atoms with Crippen molar-refractivity contribution in [2.24, 2.45) is 0 Å². The number of ether oxygens (including phenoxy) is 2. The maximum Gasteiger partial charge on any atom is 0.408 e.